The maximum absolute atomic E-state index is 8.90. The predicted octanol–water partition coefficient (Wildman–Crippen LogP) is 1.84. The molecule has 0 heterocycles. The quantitative estimate of drug-likeness (QED) is 0.426. The third-order valence-electron chi connectivity index (χ3n) is 4.15. The molecule has 0 saturated carbocycles. The molecule has 0 fully saturated rings. The van der Waals surface area contributed by atoms with Crippen LogP contribution in [0.1, 0.15) is 59.3 Å². The van der Waals surface area contributed by atoms with Crippen LogP contribution in [0, 0.1) is 0 Å². The molecule has 0 aromatic carbocycles. The van der Waals surface area contributed by atoms with Gasteiger partial charge in [-0.25, -0.2) is 0 Å². The van der Waals surface area contributed by atoms with Gasteiger partial charge < -0.3 is 25.4 Å². The highest BCUT2D eigenvalue weighted by Crippen LogP contribution is 2.25. The Balaban J connectivity index is 4.49. The van der Waals surface area contributed by atoms with E-state index in [4.69, 9.17) is 25.4 Å². The molecule has 128 valence electrons. The van der Waals surface area contributed by atoms with Crippen molar-refractivity contribution in [2.45, 2.75) is 77.0 Å². The van der Waals surface area contributed by atoms with E-state index in [2.05, 4.69) is 6.92 Å². The highest BCUT2D eigenvalue weighted by molar-refractivity contribution is 4.96. The minimum Gasteiger partial charge on any atom is -0.394 e. The molecule has 0 aromatic heterocycles. The van der Waals surface area contributed by atoms with Crippen LogP contribution in [0.2, 0.25) is 0 Å². The summed E-state index contributed by atoms with van der Waals surface area (Å²) in [4.78, 5) is 0. The number of aliphatic hydroxyl groups is 2. The van der Waals surface area contributed by atoms with E-state index >= 15 is 0 Å². The maximum atomic E-state index is 8.90. The van der Waals surface area contributed by atoms with Crippen LogP contribution in [0.4, 0.5) is 0 Å². The SMILES string of the molecule is CCCCCCCC(N)(C(C)OCCO)C(C)OCCO. The van der Waals surface area contributed by atoms with Gasteiger partial charge in [0.1, 0.15) is 0 Å². The number of rotatable bonds is 14. The molecular formula is C16H35NO4. The van der Waals surface area contributed by atoms with Crippen LogP contribution >= 0.6 is 0 Å². The molecule has 5 nitrogen and oxygen atoms in total. The topological polar surface area (TPSA) is 84.9 Å². The molecule has 0 radical (unpaired) electrons. The summed E-state index contributed by atoms with van der Waals surface area (Å²) >= 11 is 0. The Bertz CT molecular complexity index is 224. The smallest absolute Gasteiger partial charge is 0.0752 e. The summed E-state index contributed by atoms with van der Waals surface area (Å²) in [7, 11) is 0. The zero-order chi connectivity index (χ0) is 16.1. The highest BCUT2D eigenvalue weighted by atomic mass is 16.5. The van der Waals surface area contributed by atoms with E-state index in [0.29, 0.717) is 0 Å². The lowest BCUT2D eigenvalue weighted by atomic mass is 9.83. The van der Waals surface area contributed by atoms with Gasteiger partial charge in [0.05, 0.1) is 44.2 Å². The van der Waals surface area contributed by atoms with E-state index in [9.17, 15) is 0 Å². The lowest BCUT2D eigenvalue weighted by Gasteiger charge is -2.40. The van der Waals surface area contributed by atoms with Crippen LogP contribution in [-0.2, 0) is 9.47 Å². The molecule has 4 N–H and O–H groups in total. The fourth-order valence-electron chi connectivity index (χ4n) is 2.54. The first-order valence-corrected chi connectivity index (χ1v) is 8.26. The van der Waals surface area contributed by atoms with Crippen molar-refractivity contribution in [1.82, 2.24) is 0 Å². The molecule has 2 atom stereocenters. The van der Waals surface area contributed by atoms with Crippen LogP contribution < -0.4 is 5.73 Å². The minimum atomic E-state index is -0.601. The summed E-state index contributed by atoms with van der Waals surface area (Å²) in [6.45, 7) is 6.60. The van der Waals surface area contributed by atoms with E-state index < -0.39 is 5.54 Å². The van der Waals surface area contributed by atoms with Gasteiger partial charge in [0.2, 0.25) is 0 Å². The number of ether oxygens (including phenoxy) is 2. The summed E-state index contributed by atoms with van der Waals surface area (Å²) in [5.74, 6) is 0. The van der Waals surface area contributed by atoms with E-state index in [1.165, 1.54) is 19.3 Å². The lowest BCUT2D eigenvalue weighted by Crippen LogP contribution is -2.59. The van der Waals surface area contributed by atoms with Crippen LogP contribution in [-0.4, -0.2) is 54.4 Å². The number of hydrogen-bond acceptors (Lipinski definition) is 5. The third kappa shape index (κ3) is 8.12. The third-order valence-corrected chi connectivity index (χ3v) is 4.15. The number of nitrogens with two attached hydrogens (primary N) is 1. The average molecular weight is 305 g/mol. The van der Waals surface area contributed by atoms with Crippen molar-refractivity contribution >= 4 is 0 Å². The Hall–Kier alpha value is -0.200. The summed E-state index contributed by atoms with van der Waals surface area (Å²) in [5.41, 5.74) is 5.97. The zero-order valence-corrected chi connectivity index (χ0v) is 14.0. The van der Waals surface area contributed by atoms with Gasteiger partial charge in [-0.15, -0.1) is 0 Å². The summed E-state index contributed by atoms with van der Waals surface area (Å²) < 4.78 is 11.2. The normalized spacial score (nSPS) is 17.4. The summed E-state index contributed by atoms with van der Waals surface area (Å²) in [5, 5.41) is 17.8. The molecule has 0 aliphatic carbocycles. The standard InChI is InChI=1S/C16H35NO4/c1-4-5-6-7-8-9-16(17,14(2)20-12-10-18)15(3)21-13-11-19/h14-15,18-19H,4-13,17H2,1-3H3. The molecule has 0 aliphatic heterocycles. The van der Waals surface area contributed by atoms with Gasteiger partial charge in [0.25, 0.3) is 0 Å². The van der Waals surface area contributed by atoms with Gasteiger partial charge in [0.15, 0.2) is 0 Å². The fourth-order valence-corrected chi connectivity index (χ4v) is 2.54. The molecule has 5 heteroatoms. The second-order valence-electron chi connectivity index (χ2n) is 5.75. The molecule has 0 rings (SSSR count). The van der Waals surface area contributed by atoms with Crippen LogP contribution in [0.3, 0.4) is 0 Å². The Labute approximate surface area is 129 Å². The molecule has 0 bridgehead atoms. The fraction of sp³-hybridized carbons (Fsp3) is 1.00. The van der Waals surface area contributed by atoms with E-state index in [-0.39, 0.29) is 38.6 Å². The monoisotopic (exact) mass is 305 g/mol. The van der Waals surface area contributed by atoms with Crippen molar-refractivity contribution < 1.29 is 19.7 Å². The second-order valence-corrected chi connectivity index (χ2v) is 5.75. The predicted molar refractivity (Wildman–Crippen MR) is 85.3 cm³/mol. The van der Waals surface area contributed by atoms with E-state index in [0.717, 1.165) is 19.3 Å². The lowest BCUT2D eigenvalue weighted by molar-refractivity contribution is -0.0811. The molecule has 0 aliphatic rings. The Kier molecular flexibility index (Phi) is 12.2. The zero-order valence-electron chi connectivity index (χ0n) is 14.0. The minimum absolute atomic E-state index is 0.0111. The van der Waals surface area contributed by atoms with Crippen molar-refractivity contribution in [2.24, 2.45) is 5.73 Å². The van der Waals surface area contributed by atoms with Crippen LogP contribution in [0.5, 0.6) is 0 Å². The first-order valence-electron chi connectivity index (χ1n) is 8.26. The van der Waals surface area contributed by atoms with Crippen LogP contribution in [0.25, 0.3) is 0 Å². The van der Waals surface area contributed by atoms with Gasteiger partial charge in [0, 0.05) is 0 Å². The average Bonchev–Trinajstić information content (AvgIpc) is 2.49. The molecule has 0 amide bonds. The first-order chi connectivity index (χ1) is 10.0. The molecule has 0 aromatic rings. The Morgan fingerprint density at radius 2 is 1.38 bits per heavy atom. The van der Waals surface area contributed by atoms with Crippen molar-refractivity contribution in [3.05, 3.63) is 0 Å². The summed E-state index contributed by atoms with van der Waals surface area (Å²) in [6.07, 6.45) is 6.31. The molecular weight excluding hydrogens is 270 g/mol. The van der Waals surface area contributed by atoms with E-state index in [1.54, 1.807) is 0 Å². The van der Waals surface area contributed by atoms with Gasteiger partial charge in [-0.1, -0.05) is 39.0 Å². The molecule has 0 spiro atoms. The van der Waals surface area contributed by atoms with Crippen molar-refractivity contribution in [3.63, 3.8) is 0 Å². The van der Waals surface area contributed by atoms with Gasteiger partial charge >= 0.3 is 0 Å². The number of unbranched alkanes of at least 4 members (excludes halogenated alkanes) is 4. The molecule has 2 unspecified atom stereocenters. The maximum Gasteiger partial charge on any atom is 0.0752 e. The molecule has 0 saturated heterocycles. The number of aliphatic hydroxyl groups excluding tert-OH is 2. The van der Waals surface area contributed by atoms with Gasteiger partial charge in [-0.05, 0) is 20.3 Å². The number of hydrogen-bond donors (Lipinski definition) is 3. The van der Waals surface area contributed by atoms with Crippen LogP contribution in [0.15, 0.2) is 0 Å². The molecule has 21 heavy (non-hydrogen) atoms. The largest absolute Gasteiger partial charge is 0.394 e. The van der Waals surface area contributed by atoms with Crippen molar-refractivity contribution in [2.75, 3.05) is 26.4 Å². The first kappa shape index (κ1) is 20.8. The highest BCUT2D eigenvalue weighted by Gasteiger charge is 2.38. The Morgan fingerprint density at radius 3 is 1.81 bits per heavy atom. The van der Waals surface area contributed by atoms with Crippen molar-refractivity contribution in [1.29, 1.82) is 0 Å². The van der Waals surface area contributed by atoms with Gasteiger partial charge in [-0.3, -0.25) is 0 Å². The second kappa shape index (κ2) is 12.4. The van der Waals surface area contributed by atoms with Crippen molar-refractivity contribution in [3.8, 4) is 0 Å². The van der Waals surface area contributed by atoms with E-state index in [1.807, 2.05) is 13.8 Å². The Morgan fingerprint density at radius 1 is 0.905 bits per heavy atom. The summed E-state index contributed by atoms with van der Waals surface area (Å²) in [6, 6.07) is 0. The van der Waals surface area contributed by atoms with Gasteiger partial charge in [-0.2, -0.15) is 0 Å².